The van der Waals surface area contributed by atoms with Gasteiger partial charge in [0.15, 0.2) is 0 Å². The summed E-state index contributed by atoms with van der Waals surface area (Å²) in [5.74, 6) is 0.679. The molecule has 0 atom stereocenters. The summed E-state index contributed by atoms with van der Waals surface area (Å²) in [5.41, 5.74) is 6.05. The zero-order chi connectivity index (χ0) is 20.6. The molecular weight excluding hydrogens is 414 g/mol. The summed E-state index contributed by atoms with van der Waals surface area (Å²) >= 11 is 7.09. The van der Waals surface area contributed by atoms with Gasteiger partial charge in [-0.15, -0.1) is 0 Å². The minimum absolute atomic E-state index is 0.0121. The summed E-state index contributed by atoms with van der Waals surface area (Å²) in [6.45, 7) is 1.35. The van der Waals surface area contributed by atoms with Crippen LogP contribution in [0.2, 0.25) is 5.02 Å². The fraction of sp³-hybridized carbons (Fsp3) is 0.250. The van der Waals surface area contributed by atoms with E-state index < -0.39 is 5.91 Å². The van der Waals surface area contributed by atoms with Crippen LogP contribution in [0.3, 0.4) is 0 Å². The van der Waals surface area contributed by atoms with E-state index >= 15 is 0 Å². The zero-order valence-corrected chi connectivity index (χ0v) is 17.1. The summed E-state index contributed by atoms with van der Waals surface area (Å²) in [5, 5.41) is 0.630. The lowest BCUT2D eigenvalue weighted by atomic mass is 10.1. The molecule has 0 aliphatic carbocycles. The van der Waals surface area contributed by atoms with E-state index in [-0.39, 0.29) is 17.6 Å². The molecule has 0 bridgehead atoms. The largest absolute Gasteiger partial charge is 0.489 e. The molecular formula is C20H20ClN3O4S. The van der Waals surface area contributed by atoms with E-state index in [9.17, 15) is 14.4 Å². The number of thioether (sulfide) groups is 1. The van der Waals surface area contributed by atoms with Crippen molar-refractivity contribution in [3.63, 3.8) is 0 Å². The first-order valence-corrected chi connectivity index (χ1v) is 10.4. The molecule has 7 nitrogen and oxygen atoms in total. The Bertz CT molecular complexity index is 874. The summed E-state index contributed by atoms with van der Waals surface area (Å²) < 4.78 is 5.66. The van der Waals surface area contributed by atoms with Gasteiger partial charge in [0, 0.05) is 35.8 Å². The molecule has 9 heteroatoms. The van der Waals surface area contributed by atoms with E-state index in [4.69, 9.17) is 16.3 Å². The molecule has 0 radical (unpaired) electrons. The molecule has 1 aliphatic rings. The third-order valence-corrected chi connectivity index (χ3v) is 5.35. The van der Waals surface area contributed by atoms with Gasteiger partial charge in [-0.05, 0) is 42.0 Å². The van der Waals surface area contributed by atoms with Crippen molar-refractivity contribution in [1.29, 1.82) is 0 Å². The Morgan fingerprint density at radius 3 is 2.45 bits per heavy atom. The number of amides is 3. The molecule has 3 rings (SSSR count). The summed E-state index contributed by atoms with van der Waals surface area (Å²) in [4.78, 5) is 37.1. The summed E-state index contributed by atoms with van der Waals surface area (Å²) in [6, 6.07) is 13.9. The van der Waals surface area contributed by atoms with Gasteiger partial charge in [0.25, 0.3) is 11.1 Å². The van der Waals surface area contributed by atoms with Gasteiger partial charge in [0.05, 0.1) is 0 Å². The van der Waals surface area contributed by atoms with Crippen molar-refractivity contribution >= 4 is 40.4 Å². The van der Waals surface area contributed by atoms with Gasteiger partial charge in [0.2, 0.25) is 5.91 Å². The van der Waals surface area contributed by atoms with Gasteiger partial charge in [-0.2, -0.15) is 0 Å². The lowest BCUT2D eigenvalue weighted by Gasteiger charge is -2.14. The number of hydrogen-bond acceptors (Lipinski definition) is 5. The number of carbonyl (C=O) groups is 3. The standard InChI is InChI=1S/C20H20ClN3O4S/c21-16-5-7-17(8-6-16)28-13-14-1-3-15(4-2-14)19(26)23-22-18(25)9-10-24-11-12-29-20(24)27/h1-8H,9-13H2,(H,22,25)(H,23,26). The number of nitrogens with zero attached hydrogens (tertiary/aromatic N) is 1. The Morgan fingerprint density at radius 2 is 1.79 bits per heavy atom. The van der Waals surface area contributed by atoms with Crippen LogP contribution < -0.4 is 15.6 Å². The predicted molar refractivity (Wildman–Crippen MR) is 112 cm³/mol. The molecule has 1 fully saturated rings. The van der Waals surface area contributed by atoms with E-state index in [1.165, 1.54) is 11.8 Å². The molecule has 152 valence electrons. The smallest absolute Gasteiger partial charge is 0.281 e. The van der Waals surface area contributed by atoms with Gasteiger partial charge in [-0.3, -0.25) is 25.2 Å². The molecule has 2 N–H and O–H groups in total. The highest BCUT2D eigenvalue weighted by molar-refractivity contribution is 8.13. The second-order valence-corrected chi connectivity index (χ2v) is 7.78. The minimum Gasteiger partial charge on any atom is -0.489 e. The average Bonchev–Trinajstić information content (AvgIpc) is 3.15. The van der Waals surface area contributed by atoms with E-state index in [0.29, 0.717) is 36.0 Å². The van der Waals surface area contributed by atoms with Crippen LogP contribution in [0.25, 0.3) is 0 Å². The second kappa shape index (κ2) is 10.2. The topological polar surface area (TPSA) is 87.7 Å². The van der Waals surface area contributed by atoms with Gasteiger partial charge < -0.3 is 9.64 Å². The molecule has 29 heavy (non-hydrogen) atoms. The van der Waals surface area contributed by atoms with Crippen LogP contribution in [-0.2, 0) is 11.4 Å². The first kappa shape index (κ1) is 21.0. The van der Waals surface area contributed by atoms with Gasteiger partial charge in [-0.25, -0.2) is 0 Å². The maximum atomic E-state index is 12.1. The number of halogens is 1. The van der Waals surface area contributed by atoms with Crippen molar-refractivity contribution in [3.05, 3.63) is 64.7 Å². The van der Waals surface area contributed by atoms with E-state index in [0.717, 1.165) is 11.3 Å². The van der Waals surface area contributed by atoms with Crippen molar-refractivity contribution in [2.24, 2.45) is 0 Å². The van der Waals surface area contributed by atoms with Crippen LogP contribution in [0.15, 0.2) is 48.5 Å². The maximum Gasteiger partial charge on any atom is 0.281 e. The zero-order valence-electron chi connectivity index (χ0n) is 15.5. The van der Waals surface area contributed by atoms with Crippen LogP contribution in [0.1, 0.15) is 22.3 Å². The normalized spacial score (nSPS) is 13.3. The van der Waals surface area contributed by atoms with Crippen molar-refractivity contribution in [2.75, 3.05) is 18.8 Å². The lowest BCUT2D eigenvalue weighted by molar-refractivity contribution is -0.122. The third-order valence-electron chi connectivity index (χ3n) is 4.20. The van der Waals surface area contributed by atoms with Crippen LogP contribution >= 0.6 is 23.4 Å². The van der Waals surface area contributed by atoms with E-state index in [1.54, 1.807) is 53.4 Å². The monoisotopic (exact) mass is 433 g/mol. The summed E-state index contributed by atoms with van der Waals surface area (Å²) in [6.07, 6.45) is 0.132. The Kier molecular flexibility index (Phi) is 7.37. The van der Waals surface area contributed by atoms with Gasteiger partial charge in [0.1, 0.15) is 12.4 Å². The van der Waals surface area contributed by atoms with Crippen LogP contribution in [0.5, 0.6) is 5.75 Å². The molecule has 0 unspecified atom stereocenters. The number of ether oxygens (including phenoxy) is 1. The van der Waals surface area contributed by atoms with Gasteiger partial charge in [-0.1, -0.05) is 35.5 Å². The van der Waals surface area contributed by atoms with Gasteiger partial charge >= 0.3 is 0 Å². The summed E-state index contributed by atoms with van der Waals surface area (Å²) in [7, 11) is 0. The van der Waals surface area contributed by atoms with Crippen molar-refractivity contribution in [1.82, 2.24) is 15.8 Å². The lowest BCUT2D eigenvalue weighted by Crippen LogP contribution is -2.42. The SMILES string of the molecule is O=C(CCN1CCSC1=O)NNC(=O)c1ccc(COc2ccc(Cl)cc2)cc1. The van der Waals surface area contributed by atoms with E-state index in [1.807, 2.05) is 0 Å². The Labute approximate surface area is 177 Å². The molecule has 2 aromatic carbocycles. The molecule has 2 aromatic rings. The highest BCUT2D eigenvalue weighted by Crippen LogP contribution is 2.18. The first-order chi connectivity index (χ1) is 14.0. The predicted octanol–water partition coefficient (Wildman–Crippen LogP) is 3.24. The number of carbonyl (C=O) groups excluding carboxylic acids is 3. The van der Waals surface area contributed by atoms with Crippen LogP contribution in [0.4, 0.5) is 4.79 Å². The second-order valence-electron chi connectivity index (χ2n) is 6.29. The number of hydrazine groups is 1. The molecule has 1 heterocycles. The van der Waals surface area contributed by atoms with Crippen molar-refractivity contribution in [2.45, 2.75) is 13.0 Å². The average molecular weight is 434 g/mol. The fourth-order valence-corrected chi connectivity index (χ4v) is 3.55. The molecule has 0 aromatic heterocycles. The molecule has 3 amide bonds. The number of hydrogen-bond donors (Lipinski definition) is 2. The van der Waals surface area contributed by atoms with E-state index in [2.05, 4.69) is 10.9 Å². The number of benzene rings is 2. The van der Waals surface area contributed by atoms with Crippen LogP contribution in [0, 0.1) is 0 Å². The molecule has 0 spiro atoms. The quantitative estimate of drug-likeness (QED) is 0.654. The number of rotatable bonds is 7. The molecule has 1 saturated heterocycles. The Hall–Kier alpha value is -2.71. The molecule has 1 aliphatic heterocycles. The van der Waals surface area contributed by atoms with Crippen LogP contribution in [-0.4, -0.2) is 40.8 Å². The fourth-order valence-electron chi connectivity index (χ4n) is 2.58. The number of nitrogens with one attached hydrogen (secondary N) is 2. The van der Waals surface area contributed by atoms with Crippen molar-refractivity contribution in [3.8, 4) is 5.75 Å². The third kappa shape index (κ3) is 6.40. The van der Waals surface area contributed by atoms with Crippen molar-refractivity contribution < 1.29 is 19.1 Å². The molecule has 0 saturated carbocycles. The highest BCUT2D eigenvalue weighted by Gasteiger charge is 2.21. The Balaban J connectivity index is 1.40. The minimum atomic E-state index is -0.420. The first-order valence-electron chi connectivity index (χ1n) is 8.99. The maximum absolute atomic E-state index is 12.1. The Morgan fingerprint density at radius 1 is 1.07 bits per heavy atom. The highest BCUT2D eigenvalue weighted by atomic mass is 35.5.